The third-order valence-corrected chi connectivity index (χ3v) is 3.69. The molecule has 112 valence electrons. The van der Waals surface area contributed by atoms with Gasteiger partial charge in [0, 0.05) is 12.1 Å². The Morgan fingerprint density at radius 2 is 2.14 bits per heavy atom. The van der Waals surface area contributed by atoms with Crippen LogP contribution in [-0.4, -0.2) is 33.1 Å². The number of aromatic nitrogens is 2. The second kappa shape index (κ2) is 6.05. The van der Waals surface area contributed by atoms with Crippen LogP contribution in [0.5, 0.6) is 0 Å². The molecule has 1 unspecified atom stereocenters. The molecule has 3 N–H and O–H groups in total. The van der Waals surface area contributed by atoms with E-state index in [1.165, 1.54) is 0 Å². The Morgan fingerprint density at radius 3 is 2.81 bits per heavy atom. The first-order valence-corrected chi connectivity index (χ1v) is 6.91. The van der Waals surface area contributed by atoms with Crippen molar-refractivity contribution in [2.45, 2.75) is 32.2 Å². The van der Waals surface area contributed by atoms with Gasteiger partial charge in [0.05, 0.1) is 10.9 Å². The van der Waals surface area contributed by atoms with Crippen LogP contribution >= 0.6 is 0 Å². The second-order valence-electron chi connectivity index (χ2n) is 5.27. The maximum absolute atomic E-state index is 12.3. The maximum Gasteiger partial charge on any atom is 0.287 e. The molecule has 0 spiro atoms. The Labute approximate surface area is 122 Å². The van der Waals surface area contributed by atoms with Gasteiger partial charge in [0.1, 0.15) is 0 Å². The van der Waals surface area contributed by atoms with Crippen LogP contribution in [0.4, 0.5) is 0 Å². The van der Waals surface area contributed by atoms with Crippen molar-refractivity contribution in [1.82, 2.24) is 15.3 Å². The molecule has 0 saturated carbocycles. The lowest BCUT2D eigenvalue weighted by Crippen LogP contribution is -2.47. The van der Waals surface area contributed by atoms with Crippen LogP contribution in [0, 0.1) is 0 Å². The van der Waals surface area contributed by atoms with Gasteiger partial charge in [-0.05, 0) is 31.9 Å². The average Bonchev–Trinajstić information content (AvgIpc) is 2.47. The van der Waals surface area contributed by atoms with Crippen LogP contribution in [0.2, 0.25) is 0 Å². The van der Waals surface area contributed by atoms with Crippen LogP contribution < -0.4 is 10.9 Å². The molecule has 0 aliphatic carbocycles. The topological polar surface area (TPSA) is 95.1 Å². The number of aromatic amines is 1. The highest BCUT2D eigenvalue weighted by Crippen LogP contribution is 2.14. The van der Waals surface area contributed by atoms with Gasteiger partial charge in [-0.1, -0.05) is 19.1 Å². The molecule has 6 heteroatoms. The quantitative estimate of drug-likeness (QED) is 0.771. The van der Waals surface area contributed by atoms with E-state index in [9.17, 15) is 9.59 Å². The number of aliphatic hydroxyl groups excluding tert-OH is 1. The van der Waals surface area contributed by atoms with Crippen LogP contribution in [0.3, 0.4) is 0 Å². The molecule has 2 rings (SSSR count). The molecule has 1 atom stereocenters. The summed E-state index contributed by atoms with van der Waals surface area (Å²) in [4.78, 5) is 30.9. The van der Waals surface area contributed by atoms with Crippen molar-refractivity contribution in [3.8, 4) is 0 Å². The molecule has 1 heterocycles. The van der Waals surface area contributed by atoms with Gasteiger partial charge in [-0.3, -0.25) is 9.59 Å². The number of carbonyl (C=O) groups excluding carboxylic acids is 1. The first kappa shape index (κ1) is 15.2. The third-order valence-electron chi connectivity index (χ3n) is 3.69. The van der Waals surface area contributed by atoms with Crippen LogP contribution in [-0.2, 0) is 0 Å². The monoisotopic (exact) mass is 289 g/mol. The Kier molecular flexibility index (Phi) is 4.37. The van der Waals surface area contributed by atoms with E-state index in [0.717, 1.165) is 0 Å². The highest BCUT2D eigenvalue weighted by atomic mass is 16.3. The molecule has 1 aromatic carbocycles. The largest absolute Gasteiger partial charge is 0.396 e. The zero-order valence-corrected chi connectivity index (χ0v) is 12.1. The van der Waals surface area contributed by atoms with Gasteiger partial charge in [0.2, 0.25) is 0 Å². The number of fused-ring (bicyclic) bond motifs is 1. The second-order valence-corrected chi connectivity index (χ2v) is 5.27. The summed E-state index contributed by atoms with van der Waals surface area (Å²) in [5.74, 6) is -0.466. The Morgan fingerprint density at radius 1 is 1.43 bits per heavy atom. The molecule has 1 amide bonds. The summed E-state index contributed by atoms with van der Waals surface area (Å²) in [6.07, 6.45) is 1.10. The molecule has 0 saturated heterocycles. The lowest BCUT2D eigenvalue weighted by atomic mass is 9.95. The summed E-state index contributed by atoms with van der Waals surface area (Å²) in [5, 5.41) is 12.3. The molecule has 0 fully saturated rings. The van der Waals surface area contributed by atoms with E-state index in [1.807, 2.05) is 13.8 Å². The number of hydrogen-bond donors (Lipinski definition) is 3. The first-order valence-electron chi connectivity index (χ1n) is 6.91. The van der Waals surface area contributed by atoms with E-state index in [-0.39, 0.29) is 18.0 Å². The minimum atomic E-state index is -0.532. The Balaban J connectivity index is 2.34. The number of aliphatic hydroxyl groups is 1. The lowest BCUT2D eigenvalue weighted by Gasteiger charge is -2.28. The highest BCUT2D eigenvalue weighted by molar-refractivity contribution is 5.93. The maximum atomic E-state index is 12.3. The fourth-order valence-corrected chi connectivity index (χ4v) is 2.10. The van der Waals surface area contributed by atoms with Gasteiger partial charge in [-0.2, -0.15) is 0 Å². The van der Waals surface area contributed by atoms with E-state index in [0.29, 0.717) is 23.7 Å². The summed E-state index contributed by atoms with van der Waals surface area (Å²) in [6.45, 7) is 3.75. The van der Waals surface area contributed by atoms with Gasteiger partial charge in [0.15, 0.2) is 5.82 Å². The van der Waals surface area contributed by atoms with Crippen molar-refractivity contribution in [2.75, 3.05) is 6.61 Å². The molecule has 0 bridgehead atoms. The Hall–Kier alpha value is -2.21. The summed E-state index contributed by atoms with van der Waals surface area (Å²) in [7, 11) is 0. The van der Waals surface area contributed by atoms with Crippen molar-refractivity contribution >= 4 is 16.8 Å². The standard InChI is InChI=1S/C15H19N3O3/c1-3-15(2,8-9-19)18-14(21)12-16-11-7-5-4-6-10(11)13(20)17-12/h4-7,19H,3,8-9H2,1-2H3,(H,18,21)(H,16,17,20). The van der Waals surface area contributed by atoms with Crippen molar-refractivity contribution in [1.29, 1.82) is 0 Å². The van der Waals surface area contributed by atoms with E-state index in [2.05, 4.69) is 15.3 Å². The van der Waals surface area contributed by atoms with Gasteiger partial charge in [-0.25, -0.2) is 4.98 Å². The zero-order valence-electron chi connectivity index (χ0n) is 12.1. The zero-order chi connectivity index (χ0) is 15.5. The molecule has 0 aliphatic rings. The number of hydrogen-bond acceptors (Lipinski definition) is 4. The van der Waals surface area contributed by atoms with Crippen molar-refractivity contribution in [3.05, 3.63) is 40.4 Å². The van der Waals surface area contributed by atoms with E-state index in [4.69, 9.17) is 5.11 Å². The fraction of sp³-hybridized carbons (Fsp3) is 0.400. The van der Waals surface area contributed by atoms with Crippen LogP contribution in [0.1, 0.15) is 37.3 Å². The number of benzene rings is 1. The van der Waals surface area contributed by atoms with Gasteiger partial charge in [0.25, 0.3) is 11.5 Å². The molecular weight excluding hydrogens is 270 g/mol. The molecule has 1 aromatic heterocycles. The predicted molar refractivity (Wildman–Crippen MR) is 80.2 cm³/mol. The van der Waals surface area contributed by atoms with E-state index >= 15 is 0 Å². The van der Waals surface area contributed by atoms with E-state index in [1.54, 1.807) is 24.3 Å². The van der Waals surface area contributed by atoms with Gasteiger partial charge in [-0.15, -0.1) is 0 Å². The summed E-state index contributed by atoms with van der Waals surface area (Å²) < 4.78 is 0. The predicted octanol–water partition coefficient (Wildman–Crippen LogP) is 1.20. The number of rotatable bonds is 5. The number of para-hydroxylation sites is 1. The van der Waals surface area contributed by atoms with Gasteiger partial charge < -0.3 is 15.4 Å². The summed E-state index contributed by atoms with van der Waals surface area (Å²) in [6, 6.07) is 6.85. The minimum absolute atomic E-state index is 0.0173. The van der Waals surface area contributed by atoms with Gasteiger partial charge >= 0.3 is 0 Å². The van der Waals surface area contributed by atoms with Crippen LogP contribution in [0.25, 0.3) is 10.9 Å². The van der Waals surface area contributed by atoms with E-state index < -0.39 is 11.4 Å². The highest BCUT2D eigenvalue weighted by Gasteiger charge is 2.25. The number of carbonyl (C=O) groups is 1. The summed E-state index contributed by atoms with van der Waals surface area (Å²) in [5.41, 5.74) is -0.395. The SMILES string of the molecule is CCC(C)(CCO)NC(=O)c1nc2ccccc2c(=O)[nH]1. The van der Waals surface area contributed by atoms with Crippen molar-refractivity contribution in [2.24, 2.45) is 0 Å². The number of H-pyrrole nitrogens is 1. The number of amides is 1. The number of nitrogens with one attached hydrogen (secondary N) is 2. The molecule has 0 radical (unpaired) electrons. The third kappa shape index (κ3) is 3.28. The van der Waals surface area contributed by atoms with Crippen molar-refractivity contribution in [3.63, 3.8) is 0 Å². The number of nitrogens with zero attached hydrogens (tertiary/aromatic N) is 1. The Bertz CT molecular complexity index is 711. The minimum Gasteiger partial charge on any atom is -0.396 e. The fourth-order valence-electron chi connectivity index (χ4n) is 2.10. The normalized spacial score (nSPS) is 13.9. The first-order chi connectivity index (χ1) is 9.99. The molecule has 6 nitrogen and oxygen atoms in total. The molecule has 21 heavy (non-hydrogen) atoms. The average molecular weight is 289 g/mol. The van der Waals surface area contributed by atoms with Crippen LogP contribution in [0.15, 0.2) is 29.1 Å². The van der Waals surface area contributed by atoms with Crippen molar-refractivity contribution < 1.29 is 9.90 Å². The lowest BCUT2D eigenvalue weighted by molar-refractivity contribution is 0.0875. The molecule has 0 aliphatic heterocycles. The smallest absolute Gasteiger partial charge is 0.287 e. The molecule has 2 aromatic rings. The summed E-state index contributed by atoms with van der Waals surface area (Å²) >= 11 is 0. The molecular formula is C15H19N3O3.